The Hall–Kier alpha value is -1.84. The van der Waals surface area contributed by atoms with Crippen LogP contribution < -0.4 is 10.6 Å². The van der Waals surface area contributed by atoms with Crippen LogP contribution in [0, 0.1) is 5.92 Å². The minimum atomic E-state index is -0.564. The van der Waals surface area contributed by atoms with Gasteiger partial charge in [-0.2, -0.15) is 0 Å². The number of benzene rings is 1. The molecule has 4 nitrogen and oxygen atoms in total. The second-order valence-corrected chi connectivity index (χ2v) is 6.53. The number of hydrogen-bond acceptors (Lipinski definition) is 2. The van der Waals surface area contributed by atoms with Crippen LogP contribution in [0.25, 0.3) is 0 Å². The summed E-state index contributed by atoms with van der Waals surface area (Å²) in [5, 5.41) is 5.41. The summed E-state index contributed by atoms with van der Waals surface area (Å²) in [5.41, 5.74) is 3.86. The molecule has 22 heavy (non-hydrogen) atoms. The van der Waals surface area contributed by atoms with Gasteiger partial charge >= 0.3 is 11.8 Å². The van der Waals surface area contributed by atoms with Gasteiger partial charge in [0.05, 0.1) is 6.04 Å². The molecule has 1 aromatic carbocycles. The van der Waals surface area contributed by atoms with Gasteiger partial charge in [0.15, 0.2) is 0 Å². The van der Waals surface area contributed by atoms with Gasteiger partial charge in [0.2, 0.25) is 0 Å². The Kier molecular flexibility index (Phi) is 5.58. The van der Waals surface area contributed by atoms with E-state index in [2.05, 4.69) is 28.8 Å². The van der Waals surface area contributed by atoms with Crippen LogP contribution in [-0.4, -0.2) is 18.4 Å². The molecule has 0 radical (unpaired) electrons. The van der Waals surface area contributed by atoms with Gasteiger partial charge in [-0.1, -0.05) is 32.0 Å². The summed E-state index contributed by atoms with van der Waals surface area (Å²) in [7, 11) is 0. The lowest BCUT2D eigenvalue weighted by molar-refractivity contribution is -0.139. The summed E-state index contributed by atoms with van der Waals surface area (Å²) in [6.45, 7) is 6.42. The number of rotatable bonds is 4. The van der Waals surface area contributed by atoms with Crippen molar-refractivity contribution in [3.8, 4) is 0 Å². The summed E-state index contributed by atoms with van der Waals surface area (Å²) >= 11 is 0. The fraction of sp³-hybridized carbons (Fsp3) is 0.556. The van der Waals surface area contributed by atoms with Crippen LogP contribution in [0.5, 0.6) is 0 Å². The van der Waals surface area contributed by atoms with Crippen molar-refractivity contribution in [2.45, 2.75) is 52.5 Å². The number of nitrogens with one attached hydrogen (secondary N) is 2. The van der Waals surface area contributed by atoms with Crippen molar-refractivity contribution >= 4 is 11.8 Å². The van der Waals surface area contributed by atoms with Gasteiger partial charge < -0.3 is 10.6 Å². The van der Waals surface area contributed by atoms with Gasteiger partial charge in [0.1, 0.15) is 0 Å². The lowest BCUT2D eigenvalue weighted by atomic mass is 9.89. The molecule has 1 aromatic rings. The number of carbonyl (C=O) groups is 2. The predicted molar refractivity (Wildman–Crippen MR) is 87.5 cm³/mol. The van der Waals surface area contributed by atoms with Gasteiger partial charge in [-0.15, -0.1) is 0 Å². The first-order valence-electron chi connectivity index (χ1n) is 8.17. The fourth-order valence-corrected chi connectivity index (χ4v) is 2.75. The highest BCUT2D eigenvalue weighted by Gasteiger charge is 2.18. The van der Waals surface area contributed by atoms with Crippen molar-refractivity contribution in [2.24, 2.45) is 5.92 Å². The molecule has 0 fully saturated rings. The summed E-state index contributed by atoms with van der Waals surface area (Å²) in [5.74, 6) is -0.792. The summed E-state index contributed by atoms with van der Waals surface area (Å²) < 4.78 is 0. The molecule has 0 aromatic heterocycles. The molecule has 0 saturated heterocycles. The van der Waals surface area contributed by atoms with Gasteiger partial charge in [0.25, 0.3) is 0 Å². The van der Waals surface area contributed by atoms with Crippen molar-refractivity contribution in [3.05, 3.63) is 34.9 Å². The van der Waals surface area contributed by atoms with E-state index in [1.54, 1.807) is 0 Å². The topological polar surface area (TPSA) is 58.2 Å². The Morgan fingerprint density at radius 1 is 1.05 bits per heavy atom. The Balaban J connectivity index is 1.95. The van der Waals surface area contributed by atoms with Gasteiger partial charge in [-0.3, -0.25) is 9.59 Å². The zero-order chi connectivity index (χ0) is 16.1. The van der Waals surface area contributed by atoms with E-state index >= 15 is 0 Å². The lowest BCUT2D eigenvalue weighted by Gasteiger charge is -2.20. The summed E-state index contributed by atoms with van der Waals surface area (Å²) in [4.78, 5) is 23.6. The zero-order valence-corrected chi connectivity index (χ0v) is 13.7. The van der Waals surface area contributed by atoms with Gasteiger partial charge in [-0.25, -0.2) is 0 Å². The Bertz CT molecular complexity index is 552. The molecular weight excluding hydrogens is 276 g/mol. The number of fused-ring (bicyclic) bond motifs is 1. The highest BCUT2D eigenvalue weighted by Crippen LogP contribution is 2.24. The highest BCUT2D eigenvalue weighted by atomic mass is 16.2. The molecular formula is C18H26N2O2. The third-order valence-electron chi connectivity index (χ3n) is 4.10. The van der Waals surface area contributed by atoms with E-state index in [1.165, 1.54) is 24.0 Å². The maximum atomic E-state index is 11.9. The Labute approximate surface area is 132 Å². The largest absolute Gasteiger partial charge is 0.348 e. The minimum absolute atomic E-state index is 0.162. The maximum absolute atomic E-state index is 11.9. The molecule has 2 N–H and O–H groups in total. The van der Waals surface area contributed by atoms with E-state index in [1.807, 2.05) is 20.8 Å². The van der Waals surface area contributed by atoms with Crippen molar-refractivity contribution in [2.75, 3.05) is 6.54 Å². The lowest BCUT2D eigenvalue weighted by Crippen LogP contribution is -2.42. The second-order valence-electron chi connectivity index (χ2n) is 6.53. The first kappa shape index (κ1) is 16.5. The Morgan fingerprint density at radius 2 is 1.73 bits per heavy atom. The van der Waals surface area contributed by atoms with Crippen molar-refractivity contribution in [3.63, 3.8) is 0 Å². The maximum Gasteiger partial charge on any atom is 0.309 e. The standard InChI is InChI=1S/C18H26N2O2/c1-12(2)11-19-17(21)18(22)20-13(3)15-9-8-14-6-4-5-7-16(14)10-15/h8-10,12-13H,4-7,11H2,1-3H3,(H,19,21)(H,20,22). The molecule has 0 spiro atoms. The third-order valence-corrected chi connectivity index (χ3v) is 4.10. The Morgan fingerprint density at radius 3 is 2.41 bits per heavy atom. The van der Waals surface area contributed by atoms with Crippen LogP contribution in [0.2, 0.25) is 0 Å². The normalized spacial score (nSPS) is 15.1. The summed E-state index contributed by atoms with van der Waals surface area (Å²) in [6, 6.07) is 6.22. The van der Waals surface area contributed by atoms with Crippen LogP contribution in [0.1, 0.15) is 56.3 Å². The van der Waals surface area contributed by atoms with E-state index in [0.717, 1.165) is 18.4 Å². The van der Waals surface area contributed by atoms with E-state index in [4.69, 9.17) is 0 Å². The van der Waals surface area contributed by atoms with Crippen LogP contribution in [0.4, 0.5) is 0 Å². The number of amides is 2. The van der Waals surface area contributed by atoms with Gasteiger partial charge in [-0.05, 0) is 55.2 Å². The SMILES string of the molecule is CC(C)CNC(=O)C(=O)NC(C)c1ccc2c(c1)CCCC2. The van der Waals surface area contributed by atoms with Crippen LogP contribution >= 0.6 is 0 Å². The molecule has 2 rings (SSSR count). The predicted octanol–water partition coefficient (Wildman–Crippen LogP) is 2.51. The summed E-state index contributed by atoms with van der Waals surface area (Å²) in [6.07, 6.45) is 4.75. The molecule has 4 heteroatoms. The molecule has 1 unspecified atom stereocenters. The molecule has 0 aliphatic heterocycles. The molecule has 120 valence electrons. The second kappa shape index (κ2) is 7.43. The molecule has 2 amide bonds. The molecule has 1 aliphatic carbocycles. The minimum Gasteiger partial charge on any atom is -0.348 e. The van der Waals surface area contributed by atoms with Crippen LogP contribution in [0.15, 0.2) is 18.2 Å². The highest BCUT2D eigenvalue weighted by molar-refractivity contribution is 6.35. The molecule has 1 atom stereocenters. The molecule has 0 bridgehead atoms. The molecule has 0 heterocycles. The average molecular weight is 302 g/mol. The van der Waals surface area contributed by atoms with Gasteiger partial charge in [0, 0.05) is 6.54 Å². The zero-order valence-electron chi connectivity index (χ0n) is 13.7. The van der Waals surface area contributed by atoms with Crippen LogP contribution in [-0.2, 0) is 22.4 Å². The average Bonchev–Trinajstić information content (AvgIpc) is 2.51. The number of hydrogen-bond donors (Lipinski definition) is 2. The van der Waals surface area contributed by atoms with Crippen LogP contribution in [0.3, 0.4) is 0 Å². The smallest absolute Gasteiger partial charge is 0.309 e. The molecule has 1 aliphatic rings. The molecule has 0 saturated carbocycles. The van der Waals surface area contributed by atoms with E-state index < -0.39 is 11.8 Å². The van der Waals surface area contributed by atoms with E-state index in [0.29, 0.717) is 12.5 Å². The van der Waals surface area contributed by atoms with E-state index in [9.17, 15) is 9.59 Å². The van der Waals surface area contributed by atoms with Crippen molar-refractivity contribution in [1.29, 1.82) is 0 Å². The monoisotopic (exact) mass is 302 g/mol. The quantitative estimate of drug-likeness (QED) is 0.840. The first-order valence-corrected chi connectivity index (χ1v) is 8.17. The number of carbonyl (C=O) groups excluding carboxylic acids is 2. The van der Waals surface area contributed by atoms with Crippen molar-refractivity contribution < 1.29 is 9.59 Å². The first-order chi connectivity index (χ1) is 10.5. The fourth-order valence-electron chi connectivity index (χ4n) is 2.75. The third kappa shape index (κ3) is 4.33. The van der Waals surface area contributed by atoms with E-state index in [-0.39, 0.29) is 6.04 Å². The number of aryl methyl sites for hydroxylation is 2. The van der Waals surface area contributed by atoms with Crippen molar-refractivity contribution in [1.82, 2.24) is 10.6 Å².